The molecule has 4 nitrogen and oxygen atoms in total. The standard InChI is InChI=1S/C14H30N4/c1-16(2)13-6-4-9-18(10-13)14(11-15)7-5-8-17(3)12-14/h13H,4-12,15H2,1-3H3. The van der Waals surface area contributed by atoms with E-state index in [9.17, 15) is 0 Å². The maximum atomic E-state index is 6.17. The van der Waals surface area contributed by atoms with E-state index in [1.165, 1.54) is 45.3 Å². The van der Waals surface area contributed by atoms with E-state index in [-0.39, 0.29) is 5.54 Å². The molecule has 2 aliphatic heterocycles. The third kappa shape index (κ3) is 2.87. The second-order valence-corrected chi connectivity index (χ2v) is 6.48. The van der Waals surface area contributed by atoms with E-state index in [1.54, 1.807) is 0 Å². The molecule has 2 rings (SSSR count). The molecule has 0 aromatic rings. The van der Waals surface area contributed by atoms with Crippen molar-refractivity contribution < 1.29 is 0 Å². The van der Waals surface area contributed by atoms with Crippen LogP contribution in [0.25, 0.3) is 0 Å². The van der Waals surface area contributed by atoms with Gasteiger partial charge in [-0.3, -0.25) is 4.90 Å². The van der Waals surface area contributed by atoms with E-state index in [0.717, 1.165) is 13.1 Å². The van der Waals surface area contributed by atoms with Crippen LogP contribution in [0.3, 0.4) is 0 Å². The monoisotopic (exact) mass is 254 g/mol. The first-order valence-electron chi connectivity index (χ1n) is 7.37. The Bertz CT molecular complexity index is 269. The highest BCUT2D eigenvalue weighted by Crippen LogP contribution is 2.29. The second kappa shape index (κ2) is 5.87. The highest BCUT2D eigenvalue weighted by molar-refractivity contribution is 4.99. The molecule has 2 fully saturated rings. The van der Waals surface area contributed by atoms with Crippen LogP contribution in [0.2, 0.25) is 0 Å². The van der Waals surface area contributed by atoms with Gasteiger partial charge in [0.1, 0.15) is 0 Å². The number of likely N-dealkylation sites (tertiary alicyclic amines) is 2. The summed E-state index contributed by atoms with van der Waals surface area (Å²) >= 11 is 0. The lowest BCUT2D eigenvalue weighted by Gasteiger charge is -2.52. The molecule has 0 aromatic carbocycles. The van der Waals surface area contributed by atoms with Crippen molar-refractivity contribution in [1.82, 2.24) is 14.7 Å². The maximum Gasteiger partial charge on any atom is 0.0459 e. The Hall–Kier alpha value is -0.160. The number of rotatable bonds is 3. The number of hydrogen-bond acceptors (Lipinski definition) is 4. The molecule has 18 heavy (non-hydrogen) atoms. The number of nitrogens with zero attached hydrogens (tertiary/aromatic N) is 3. The average Bonchev–Trinajstić information content (AvgIpc) is 2.38. The number of piperidine rings is 2. The van der Waals surface area contributed by atoms with Crippen molar-refractivity contribution in [3.63, 3.8) is 0 Å². The first-order chi connectivity index (χ1) is 8.57. The van der Waals surface area contributed by atoms with Gasteiger partial charge in [0.25, 0.3) is 0 Å². The molecule has 2 unspecified atom stereocenters. The smallest absolute Gasteiger partial charge is 0.0459 e. The molecule has 2 atom stereocenters. The van der Waals surface area contributed by atoms with Crippen LogP contribution in [0.4, 0.5) is 0 Å². The van der Waals surface area contributed by atoms with Gasteiger partial charge in [-0.1, -0.05) is 0 Å². The van der Waals surface area contributed by atoms with Gasteiger partial charge in [0.15, 0.2) is 0 Å². The first-order valence-corrected chi connectivity index (χ1v) is 7.37. The zero-order valence-corrected chi connectivity index (χ0v) is 12.4. The summed E-state index contributed by atoms with van der Waals surface area (Å²) in [4.78, 5) is 7.52. The Morgan fingerprint density at radius 2 is 2.06 bits per heavy atom. The molecule has 2 heterocycles. The van der Waals surface area contributed by atoms with Crippen molar-refractivity contribution in [2.24, 2.45) is 5.73 Å². The molecule has 0 radical (unpaired) electrons. The Labute approximate surface area is 112 Å². The van der Waals surface area contributed by atoms with Gasteiger partial charge < -0.3 is 15.5 Å². The summed E-state index contributed by atoms with van der Waals surface area (Å²) in [5.74, 6) is 0. The number of likely N-dealkylation sites (N-methyl/N-ethyl adjacent to an activating group) is 2. The molecular formula is C14H30N4. The van der Waals surface area contributed by atoms with Crippen LogP contribution in [0.5, 0.6) is 0 Å². The molecule has 0 aliphatic carbocycles. The molecule has 106 valence electrons. The van der Waals surface area contributed by atoms with Crippen LogP contribution in [-0.2, 0) is 0 Å². The molecule has 0 saturated carbocycles. The van der Waals surface area contributed by atoms with E-state index in [2.05, 4.69) is 35.8 Å². The van der Waals surface area contributed by atoms with Gasteiger partial charge in [-0.05, 0) is 59.9 Å². The largest absolute Gasteiger partial charge is 0.329 e. The summed E-state index contributed by atoms with van der Waals surface area (Å²) in [6.45, 7) is 5.60. The Morgan fingerprint density at radius 3 is 2.67 bits per heavy atom. The van der Waals surface area contributed by atoms with Gasteiger partial charge in [-0.15, -0.1) is 0 Å². The molecule has 0 spiro atoms. The third-order valence-corrected chi connectivity index (χ3v) is 4.92. The lowest BCUT2D eigenvalue weighted by Crippen LogP contribution is -2.65. The van der Waals surface area contributed by atoms with Crippen molar-refractivity contribution in [2.45, 2.75) is 37.3 Å². The number of nitrogens with two attached hydrogens (primary N) is 1. The van der Waals surface area contributed by atoms with Crippen LogP contribution in [0, 0.1) is 0 Å². The molecule has 2 saturated heterocycles. The molecule has 0 bridgehead atoms. The lowest BCUT2D eigenvalue weighted by atomic mass is 9.85. The van der Waals surface area contributed by atoms with E-state index in [0.29, 0.717) is 6.04 Å². The van der Waals surface area contributed by atoms with Crippen LogP contribution in [0.15, 0.2) is 0 Å². The number of hydrogen-bond donors (Lipinski definition) is 1. The fraction of sp³-hybridized carbons (Fsp3) is 1.00. The predicted molar refractivity (Wildman–Crippen MR) is 76.8 cm³/mol. The predicted octanol–water partition coefficient (Wildman–Crippen LogP) is 0.436. The average molecular weight is 254 g/mol. The van der Waals surface area contributed by atoms with Gasteiger partial charge in [-0.2, -0.15) is 0 Å². The summed E-state index contributed by atoms with van der Waals surface area (Å²) in [5.41, 5.74) is 6.41. The minimum Gasteiger partial charge on any atom is -0.329 e. The summed E-state index contributed by atoms with van der Waals surface area (Å²) in [6, 6.07) is 0.703. The van der Waals surface area contributed by atoms with Crippen molar-refractivity contribution in [2.75, 3.05) is 53.9 Å². The summed E-state index contributed by atoms with van der Waals surface area (Å²) < 4.78 is 0. The quantitative estimate of drug-likeness (QED) is 0.792. The van der Waals surface area contributed by atoms with Gasteiger partial charge >= 0.3 is 0 Å². The maximum absolute atomic E-state index is 6.17. The molecule has 4 heteroatoms. The van der Waals surface area contributed by atoms with Crippen molar-refractivity contribution in [3.05, 3.63) is 0 Å². The fourth-order valence-electron chi connectivity index (χ4n) is 3.70. The Morgan fingerprint density at radius 1 is 1.28 bits per heavy atom. The van der Waals surface area contributed by atoms with Crippen molar-refractivity contribution in [1.29, 1.82) is 0 Å². The SMILES string of the molecule is CN1CCCC(CN)(N2CCCC(N(C)C)C2)C1. The molecular weight excluding hydrogens is 224 g/mol. The normalized spacial score (nSPS) is 36.2. The summed E-state index contributed by atoms with van der Waals surface area (Å²) in [7, 11) is 6.64. The highest BCUT2D eigenvalue weighted by atomic mass is 15.3. The fourth-order valence-corrected chi connectivity index (χ4v) is 3.70. The van der Waals surface area contributed by atoms with Gasteiger partial charge in [0.2, 0.25) is 0 Å². The van der Waals surface area contributed by atoms with Gasteiger partial charge in [-0.25, -0.2) is 0 Å². The molecule has 0 amide bonds. The van der Waals surface area contributed by atoms with Crippen molar-refractivity contribution in [3.8, 4) is 0 Å². The Kier molecular flexibility index (Phi) is 4.64. The van der Waals surface area contributed by atoms with E-state index >= 15 is 0 Å². The van der Waals surface area contributed by atoms with Crippen LogP contribution < -0.4 is 5.73 Å². The van der Waals surface area contributed by atoms with Crippen molar-refractivity contribution >= 4 is 0 Å². The first kappa shape index (κ1) is 14.3. The molecule has 2 aliphatic rings. The zero-order chi connectivity index (χ0) is 13.2. The van der Waals surface area contributed by atoms with E-state index in [1.807, 2.05) is 0 Å². The third-order valence-electron chi connectivity index (χ3n) is 4.92. The topological polar surface area (TPSA) is 35.7 Å². The molecule has 2 N–H and O–H groups in total. The Balaban J connectivity index is 2.06. The minimum atomic E-state index is 0.238. The summed E-state index contributed by atoms with van der Waals surface area (Å²) in [6.07, 6.45) is 5.21. The van der Waals surface area contributed by atoms with E-state index < -0.39 is 0 Å². The van der Waals surface area contributed by atoms with Crippen LogP contribution >= 0.6 is 0 Å². The molecule has 0 aromatic heterocycles. The van der Waals surface area contributed by atoms with Gasteiger partial charge in [0.05, 0.1) is 0 Å². The van der Waals surface area contributed by atoms with Crippen LogP contribution in [-0.4, -0.2) is 80.1 Å². The van der Waals surface area contributed by atoms with Crippen LogP contribution in [0.1, 0.15) is 25.7 Å². The van der Waals surface area contributed by atoms with Gasteiger partial charge in [0, 0.05) is 31.2 Å². The lowest BCUT2D eigenvalue weighted by molar-refractivity contribution is -0.00814. The highest BCUT2D eigenvalue weighted by Gasteiger charge is 2.40. The minimum absolute atomic E-state index is 0.238. The summed E-state index contributed by atoms with van der Waals surface area (Å²) in [5, 5.41) is 0. The second-order valence-electron chi connectivity index (χ2n) is 6.48. The zero-order valence-electron chi connectivity index (χ0n) is 12.4. The van der Waals surface area contributed by atoms with E-state index in [4.69, 9.17) is 5.73 Å².